The molecule has 0 aromatic heterocycles. The molecule has 0 aliphatic heterocycles. The molecule has 2 aliphatic carbocycles. The molecule has 2 saturated carbocycles. The largest absolute Gasteiger partial charge is 0.330 e. The van der Waals surface area contributed by atoms with Gasteiger partial charge in [0.1, 0.15) is 0 Å². The summed E-state index contributed by atoms with van der Waals surface area (Å²) in [7, 11) is 0. The van der Waals surface area contributed by atoms with Crippen LogP contribution in [0, 0.1) is 11.3 Å². The van der Waals surface area contributed by atoms with E-state index in [4.69, 9.17) is 11.5 Å². The van der Waals surface area contributed by atoms with Crippen molar-refractivity contribution in [3.63, 3.8) is 0 Å². The topological polar surface area (TPSA) is 52.0 Å². The first-order valence-electron chi connectivity index (χ1n) is 4.71. The van der Waals surface area contributed by atoms with E-state index in [0.29, 0.717) is 11.5 Å². The molecular formula is C9H18N2. The van der Waals surface area contributed by atoms with Crippen LogP contribution >= 0.6 is 0 Å². The van der Waals surface area contributed by atoms with E-state index in [2.05, 4.69) is 0 Å². The van der Waals surface area contributed by atoms with Crippen LogP contribution < -0.4 is 11.5 Å². The Kier molecular flexibility index (Phi) is 1.69. The van der Waals surface area contributed by atoms with Gasteiger partial charge in [0.2, 0.25) is 0 Å². The molecular weight excluding hydrogens is 136 g/mol. The normalized spacial score (nSPS) is 48.5. The zero-order valence-corrected chi connectivity index (χ0v) is 7.05. The zero-order valence-electron chi connectivity index (χ0n) is 7.05. The summed E-state index contributed by atoms with van der Waals surface area (Å²) in [5.74, 6) is 0.835. The fraction of sp³-hybridized carbons (Fsp3) is 1.00. The lowest BCUT2D eigenvalue weighted by molar-refractivity contribution is 0.263. The van der Waals surface area contributed by atoms with E-state index < -0.39 is 0 Å². The predicted molar refractivity (Wildman–Crippen MR) is 46.0 cm³/mol. The van der Waals surface area contributed by atoms with Crippen LogP contribution in [0.1, 0.15) is 32.1 Å². The summed E-state index contributed by atoms with van der Waals surface area (Å²) in [4.78, 5) is 0. The van der Waals surface area contributed by atoms with E-state index in [1.807, 2.05) is 0 Å². The summed E-state index contributed by atoms with van der Waals surface area (Å²) < 4.78 is 0. The highest BCUT2D eigenvalue weighted by molar-refractivity contribution is 5.02. The average Bonchev–Trinajstić information content (AvgIpc) is 2.44. The van der Waals surface area contributed by atoms with Gasteiger partial charge in [-0.15, -0.1) is 0 Å². The summed E-state index contributed by atoms with van der Waals surface area (Å²) in [6, 6.07) is 0.496. The molecule has 0 aromatic rings. The predicted octanol–water partition coefficient (Wildman–Crippen LogP) is 0.853. The minimum absolute atomic E-state index is 0.496. The van der Waals surface area contributed by atoms with Gasteiger partial charge in [0.15, 0.2) is 0 Å². The van der Waals surface area contributed by atoms with E-state index in [1.54, 1.807) is 0 Å². The Labute approximate surface area is 68.3 Å². The SMILES string of the molecule is NCCC12CCC(C1)C(N)C2. The monoisotopic (exact) mass is 154 g/mol. The van der Waals surface area contributed by atoms with Crippen molar-refractivity contribution in [3.05, 3.63) is 0 Å². The highest BCUT2D eigenvalue weighted by Crippen LogP contribution is 2.55. The highest BCUT2D eigenvalue weighted by atomic mass is 14.7. The van der Waals surface area contributed by atoms with Gasteiger partial charge in [-0.1, -0.05) is 0 Å². The molecule has 64 valence electrons. The van der Waals surface area contributed by atoms with Crippen LogP contribution in [-0.4, -0.2) is 12.6 Å². The van der Waals surface area contributed by atoms with Crippen molar-refractivity contribution >= 4 is 0 Å². The van der Waals surface area contributed by atoms with Crippen LogP contribution in [-0.2, 0) is 0 Å². The first kappa shape index (κ1) is 7.56. The molecule has 2 fully saturated rings. The van der Waals surface area contributed by atoms with Crippen molar-refractivity contribution in [3.8, 4) is 0 Å². The smallest absolute Gasteiger partial charge is 0.00726 e. The maximum atomic E-state index is 5.99. The van der Waals surface area contributed by atoms with Crippen molar-refractivity contribution in [2.45, 2.75) is 38.1 Å². The van der Waals surface area contributed by atoms with Gasteiger partial charge in [-0.25, -0.2) is 0 Å². The first-order chi connectivity index (χ1) is 5.26. The molecule has 2 heteroatoms. The molecule has 0 spiro atoms. The lowest BCUT2D eigenvalue weighted by Gasteiger charge is -2.27. The van der Waals surface area contributed by atoms with Gasteiger partial charge in [0.05, 0.1) is 0 Å². The second-order valence-electron chi connectivity index (χ2n) is 4.41. The molecule has 2 bridgehead atoms. The summed E-state index contributed by atoms with van der Waals surface area (Å²) in [5, 5.41) is 0. The Morgan fingerprint density at radius 3 is 2.64 bits per heavy atom. The van der Waals surface area contributed by atoms with Gasteiger partial charge in [0, 0.05) is 6.04 Å². The van der Waals surface area contributed by atoms with Crippen molar-refractivity contribution < 1.29 is 0 Å². The van der Waals surface area contributed by atoms with Crippen molar-refractivity contribution in [2.75, 3.05) is 6.54 Å². The number of hydrogen-bond donors (Lipinski definition) is 2. The molecule has 0 heterocycles. The van der Waals surface area contributed by atoms with E-state index in [1.165, 1.54) is 32.1 Å². The number of fused-ring (bicyclic) bond motifs is 2. The number of rotatable bonds is 2. The Hall–Kier alpha value is -0.0800. The maximum absolute atomic E-state index is 5.99. The fourth-order valence-electron chi connectivity index (χ4n) is 3.10. The minimum atomic E-state index is 0.496. The van der Waals surface area contributed by atoms with Crippen LogP contribution in [0.15, 0.2) is 0 Å². The van der Waals surface area contributed by atoms with E-state index in [9.17, 15) is 0 Å². The van der Waals surface area contributed by atoms with Gasteiger partial charge >= 0.3 is 0 Å². The van der Waals surface area contributed by atoms with Crippen LogP contribution in [0.5, 0.6) is 0 Å². The lowest BCUT2D eigenvalue weighted by Crippen LogP contribution is -2.30. The summed E-state index contributed by atoms with van der Waals surface area (Å²) in [6.45, 7) is 0.847. The molecule has 0 radical (unpaired) electrons. The standard InChI is InChI=1S/C9H18N2/c10-4-3-9-2-1-7(5-9)8(11)6-9/h7-8H,1-6,10-11H2. The Morgan fingerprint density at radius 2 is 2.18 bits per heavy atom. The molecule has 2 nitrogen and oxygen atoms in total. The third kappa shape index (κ3) is 1.09. The van der Waals surface area contributed by atoms with Gasteiger partial charge < -0.3 is 11.5 Å². The van der Waals surface area contributed by atoms with E-state index in [0.717, 1.165) is 12.5 Å². The fourth-order valence-corrected chi connectivity index (χ4v) is 3.10. The van der Waals surface area contributed by atoms with Gasteiger partial charge in [-0.3, -0.25) is 0 Å². The highest BCUT2D eigenvalue weighted by Gasteiger charge is 2.48. The summed E-state index contributed by atoms with van der Waals surface area (Å²) >= 11 is 0. The molecule has 3 unspecified atom stereocenters. The molecule has 0 saturated heterocycles. The van der Waals surface area contributed by atoms with Crippen LogP contribution in [0.2, 0.25) is 0 Å². The lowest BCUT2D eigenvalue weighted by atomic mass is 9.80. The molecule has 0 amide bonds. The van der Waals surface area contributed by atoms with Crippen molar-refractivity contribution in [2.24, 2.45) is 22.8 Å². The summed E-state index contributed by atoms with van der Waals surface area (Å²) in [5.41, 5.74) is 12.2. The molecule has 4 N–H and O–H groups in total. The molecule has 2 aliphatic rings. The van der Waals surface area contributed by atoms with Crippen LogP contribution in [0.25, 0.3) is 0 Å². The Balaban J connectivity index is 2.05. The van der Waals surface area contributed by atoms with Crippen molar-refractivity contribution in [1.29, 1.82) is 0 Å². The quantitative estimate of drug-likeness (QED) is 0.619. The zero-order chi connectivity index (χ0) is 7.90. The maximum Gasteiger partial charge on any atom is 0.00726 e. The van der Waals surface area contributed by atoms with Crippen LogP contribution in [0.3, 0.4) is 0 Å². The average molecular weight is 154 g/mol. The van der Waals surface area contributed by atoms with Gasteiger partial charge in [0.25, 0.3) is 0 Å². The van der Waals surface area contributed by atoms with E-state index >= 15 is 0 Å². The Morgan fingerprint density at radius 1 is 1.36 bits per heavy atom. The molecule has 2 rings (SSSR count). The molecule has 11 heavy (non-hydrogen) atoms. The third-order valence-corrected chi connectivity index (χ3v) is 3.69. The number of hydrogen-bond acceptors (Lipinski definition) is 2. The molecule has 0 aromatic carbocycles. The van der Waals surface area contributed by atoms with Crippen molar-refractivity contribution in [1.82, 2.24) is 0 Å². The van der Waals surface area contributed by atoms with E-state index in [-0.39, 0.29) is 0 Å². The summed E-state index contributed by atoms with van der Waals surface area (Å²) in [6.07, 6.45) is 6.57. The molecule has 3 atom stereocenters. The third-order valence-electron chi connectivity index (χ3n) is 3.69. The van der Waals surface area contributed by atoms with Gasteiger partial charge in [-0.05, 0) is 50.0 Å². The number of nitrogens with two attached hydrogens (primary N) is 2. The minimum Gasteiger partial charge on any atom is -0.330 e. The second-order valence-corrected chi connectivity index (χ2v) is 4.41. The first-order valence-corrected chi connectivity index (χ1v) is 4.71. The Bertz CT molecular complexity index is 154. The van der Waals surface area contributed by atoms with Crippen LogP contribution in [0.4, 0.5) is 0 Å². The van der Waals surface area contributed by atoms with Gasteiger partial charge in [-0.2, -0.15) is 0 Å². The second kappa shape index (κ2) is 2.46.